The second-order valence-corrected chi connectivity index (χ2v) is 7.60. The van der Waals surface area contributed by atoms with Gasteiger partial charge in [0.1, 0.15) is 10.6 Å². The van der Waals surface area contributed by atoms with E-state index in [0.29, 0.717) is 27.1 Å². The van der Waals surface area contributed by atoms with E-state index < -0.39 is 5.97 Å². The lowest BCUT2D eigenvalue weighted by molar-refractivity contribution is -0.124. The minimum atomic E-state index is -0.857. The van der Waals surface area contributed by atoms with Crippen LogP contribution in [0.1, 0.15) is 15.9 Å². The van der Waals surface area contributed by atoms with E-state index in [1.165, 1.54) is 23.6 Å². The number of hydrogen-bond acceptors (Lipinski definition) is 7. The summed E-state index contributed by atoms with van der Waals surface area (Å²) in [6.07, 6.45) is 3.14. The lowest BCUT2D eigenvalue weighted by Gasteiger charge is -2.05. The fourth-order valence-corrected chi connectivity index (χ4v) is 3.59. The molecule has 0 aliphatic carbocycles. The number of benzene rings is 2. The Morgan fingerprint density at radius 2 is 2.03 bits per heavy atom. The summed E-state index contributed by atoms with van der Waals surface area (Å²) in [7, 11) is 1.74. The third-order valence-corrected chi connectivity index (χ3v) is 5.21. The van der Waals surface area contributed by atoms with Gasteiger partial charge in [0.05, 0.1) is 11.8 Å². The van der Waals surface area contributed by atoms with Gasteiger partial charge >= 0.3 is 5.97 Å². The van der Waals surface area contributed by atoms with E-state index in [0.717, 1.165) is 5.56 Å². The molecule has 0 saturated carbocycles. The number of anilines is 4. The second kappa shape index (κ2) is 8.32. The molecule has 0 fully saturated rings. The predicted molar refractivity (Wildman–Crippen MR) is 118 cm³/mol. The molecule has 2 aromatic heterocycles. The first-order valence-electron chi connectivity index (χ1n) is 9.08. The maximum Gasteiger partial charge on any atom is 0.360 e. The molecule has 9 nitrogen and oxygen atoms in total. The van der Waals surface area contributed by atoms with Crippen molar-refractivity contribution in [3.05, 3.63) is 66.0 Å². The quantitative estimate of drug-likeness (QED) is 0.269. The maximum atomic E-state index is 13.4. The molecule has 0 aliphatic heterocycles. The van der Waals surface area contributed by atoms with Crippen molar-refractivity contribution in [2.24, 2.45) is 7.05 Å². The Kier molecular flexibility index (Phi) is 5.41. The van der Waals surface area contributed by atoms with E-state index in [-0.39, 0.29) is 17.2 Å². The number of nitrogen functional groups attached to an aromatic ring is 1. The van der Waals surface area contributed by atoms with Crippen LogP contribution in [0.4, 0.5) is 26.6 Å². The Bertz CT molecular complexity index is 1280. The largest absolute Gasteiger partial charge is 0.398 e. The van der Waals surface area contributed by atoms with Crippen LogP contribution in [0.2, 0.25) is 0 Å². The van der Waals surface area contributed by atoms with E-state index in [4.69, 9.17) is 11.1 Å². The van der Waals surface area contributed by atoms with Crippen LogP contribution in [0.5, 0.6) is 0 Å². The van der Waals surface area contributed by atoms with Gasteiger partial charge in [-0.3, -0.25) is 9.48 Å². The number of hydrogen-bond donors (Lipinski definition) is 4. The van der Waals surface area contributed by atoms with Gasteiger partial charge in [-0.2, -0.15) is 5.10 Å². The highest BCUT2D eigenvalue weighted by Crippen LogP contribution is 2.30. The molecule has 11 heteroatoms. The first-order chi connectivity index (χ1) is 14.9. The zero-order valence-corrected chi connectivity index (χ0v) is 17.2. The van der Waals surface area contributed by atoms with Crippen molar-refractivity contribution in [3.8, 4) is 10.6 Å². The molecule has 0 radical (unpaired) electrons. The maximum absolute atomic E-state index is 13.4. The number of nitrogens with zero attached hydrogens (tertiary/aromatic N) is 4. The van der Waals surface area contributed by atoms with E-state index in [1.54, 1.807) is 42.2 Å². The molecule has 0 unspecified atom stereocenters. The van der Waals surface area contributed by atoms with Gasteiger partial charge in [0.2, 0.25) is 5.13 Å². The third kappa shape index (κ3) is 4.56. The van der Waals surface area contributed by atoms with Gasteiger partial charge < -0.3 is 16.4 Å². The lowest BCUT2D eigenvalue weighted by Crippen LogP contribution is -2.37. The Hall–Kier alpha value is -4.12. The standard InChI is InChI=1S/C20H17FN8OS/c1-29-10-12(9-24-29)18(30)25-13-4-2-3-11(7-13)19-27-28-20(31-19)26-14-5-6-16(22)15(8-14)17(21)23/h2-10,23H,22H2,1H3,(H,25,30)(H,26,28)/p+1. The molecular formula is C20H18FN8OS+. The van der Waals surface area contributed by atoms with Crippen molar-refractivity contribution in [3.63, 3.8) is 0 Å². The summed E-state index contributed by atoms with van der Waals surface area (Å²) in [5.74, 6) is -1.11. The minimum absolute atomic E-state index is 0.117. The van der Waals surface area contributed by atoms with Crippen molar-refractivity contribution >= 4 is 45.4 Å². The Morgan fingerprint density at radius 1 is 1.19 bits per heavy atom. The zero-order chi connectivity index (χ0) is 22.0. The molecule has 2 heterocycles. The molecule has 156 valence electrons. The third-order valence-electron chi connectivity index (χ3n) is 4.32. The lowest BCUT2D eigenvalue weighted by atomic mass is 10.1. The van der Waals surface area contributed by atoms with Crippen molar-refractivity contribution in [1.29, 1.82) is 0 Å². The Morgan fingerprint density at radius 3 is 2.77 bits per heavy atom. The molecule has 4 aromatic rings. The number of nitrogens with two attached hydrogens (primary N) is 2. The Labute approximate surface area is 180 Å². The number of aromatic nitrogens is 4. The molecule has 31 heavy (non-hydrogen) atoms. The molecule has 0 saturated heterocycles. The highest BCUT2D eigenvalue weighted by molar-refractivity contribution is 7.18. The van der Waals surface area contributed by atoms with Gasteiger partial charge in [0.15, 0.2) is 0 Å². The molecule has 0 aliphatic rings. The van der Waals surface area contributed by atoms with E-state index >= 15 is 0 Å². The number of amides is 1. The fraction of sp³-hybridized carbons (Fsp3) is 0.0500. The van der Waals surface area contributed by atoms with Crippen molar-refractivity contribution < 1.29 is 14.6 Å². The van der Waals surface area contributed by atoms with Crippen LogP contribution in [0, 0.1) is 0 Å². The van der Waals surface area contributed by atoms with Gasteiger partial charge in [-0.15, -0.1) is 14.6 Å². The fourth-order valence-electron chi connectivity index (χ4n) is 2.83. The van der Waals surface area contributed by atoms with Crippen LogP contribution in [0.25, 0.3) is 10.6 Å². The topological polar surface area (TPSA) is 136 Å². The first kappa shape index (κ1) is 20.2. The zero-order valence-electron chi connectivity index (χ0n) is 16.3. The smallest absolute Gasteiger partial charge is 0.360 e. The molecule has 0 bridgehead atoms. The van der Waals surface area contributed by atoms with Crippen LogP contribution in [-0.4, -0.2) is 31.9 Å². The molecule has 0 spiro atoms. The minimum Gasteiger partial charge on any atom is -0.398 e. The number of nitrogens with one attached hydrogen (secondary N) is 2. The summed E-state index contributed by atoms with van der Waals surface area (Å²) in [5.41, 5.74) is 8.52. The number of carbonyl (C=O) groups is 1. The van der Waals surface area contributed by atoms with Gasteiger partial charge in [0, 0.05) is 35.9 Å². The highest BCUT2D eigenvalue weighted by atomic mass is 32.1. The molecule has 6 N–H and O–H groups in total. The average molecular weight is 437 g/mol. The van der Waals surface area contributed by atoms with Gasteiger partial charge in [-0.1, -0.05) is 23.5 Å². The van der Waals surface area contributed by atoms with Crippen LogP contribution in [-0.2, 0) is 7.05 Å². The van der Waals surface area contributed by atoms with Crippen LogP contribution in [0.15, 0.2) is 54.9 Å². The van der Waals surface area contributed by atoms with Crippen LogP contribution < -0.4 is 21.8 Å². The first-order valence-corrected chi connectivity index (χ1v) is 9.89. The molecular weight excluding hydrogens is 419 g/mol. The average Bonchev–Trinajstić information content (AvgIpc) is 3.39. The molecule has 1 amide bonds. The summed E-state index contributed by atoms with van der Waals surface area (Å²) in [5, 5.41) is 24.6. The number of aryl methyl sites for hydroxylation is 1. The van der Waals surface area contributed by atoms with Gasteiger partial charge in [0.25, 0.3) is 5.91 Å². The Balaban J connectivity index is 1.50. The van der Waals surface area contributed by atoms with E-state index in [2.05, 4.69) is 25.9 Å². The van der Waals surface area contributed by atoms with Crippen molar-refractivity contribution in [2.45, 2.75) is 0 Å². The van der Waals surface area contributed by atoms with Crippen LogP contribution >= 0.6 is 11.3 Å². The summed E-state index contributed by atoms with van der Waals surface area (Å²) in [6, 6.07) is 12.0. The number of halogens is 1. The molecule has 0 atom stereocenters. The summed E-state index contributed by atoms with van der Waals surface area (Å²) in [4.78, 5) is 12.3. The van der Waals surface area contributed by atoms with Gasteiger partial charge in [-0.25, -0.2) is 5.41 Å². The molecule has 2 aromatic carbocycles. The molecule has 4 rings (SSSR count). The van der Waals surface area contributed by atoms with E-state index in [9.17, 15) is 9.18 Å². The predicted octanol–water partition coefficient (Wildman–Crippen LogP) is 1.99. The van der Waals surface area contributed by atoms with Crippen LogP contribution in [0.3, 0.4) is 0 Å². The SMILES string of the molecule is Cn1cc(C(=O)Nc2cccc(-c3nnc(Nc4ccc(N)c(C(=[NH2+])F)c4)s3)c2)cn1. The van der Waals surface area contributed by atoms with E-state index in [1.807, 2.05) is 12.1 Å². The van der Waals surface area contributed by atoms with Gasteiger partial charge in [-0.05, 0) is 30.3 Å². The van der Waals surface area contributed by atoms with Crippen molar-refractivity contribution in [1.82, 2.24) is 20.0 Å². The normalized spacial score (nSPS) is 10.6. The summed E-state index contributed by atoms with van der Waals surface area (Å²) in [6.45, 7) is 0. The highest BCUT2D eigenvalue weighted by Gasteiger charge is 2.13. The number of carbonyl (C=O) groups excluding carboxylic acids is 1. The second-order valence-electron chi connectivity index (χ2n) is 6.62. The number of rotatable bonds is 6. The monoisotopic (exact) mass is 437 g/mol. The van der Waals surface area contributed by atoms with Crippen molar-refractivity contribution in [2.75, 3.05) is 16.4 Å². The summed E-state index contributed by atoms with van der Waals surface area (Å²) >= 11 is 1.30. The summed E-state index contributed by atoms with van der Waals surface area (Å²) < 4.78 is 15.0.